The van der Waals surface area contributed by atoms with Crippen LogP contribution in [0.3, 0.4) is 0 Å². The number of rotatable bonds is 8. The summed E-state index contributed by atoms with van der Waals surface area (Å²) in [7, 11) is 3.49. The van der Waals surface area contributed by atoms with Gasteiger partial charge in [0.1, 0.15) is 6.54 Å². The molecule has 0 aromatic heterocycles. The van der Waals surface area contributed by atoms with E-state index in [4.69, 9.17) is 0 Å². The van der Waals surface area contributed by atoms with Crippen molar-refractivity contribution in [1.82, 2.24) is 15.5 Å². The fraction of sp³-hybridized carbons (Fsp3) is 0.765. The smallest absolute Gasteiger partial charge is 0.243 e. The normalized spacial score (nSPS) is 16.1. The van der Waals surface area contributed by atoms with Gasteiger partial charge in [0.15, 0.2) is 5.96 Å². The van der Waals surface area contributed by atoms with Crippen molar-refractivity contribution in [3.8, 4) is 0 Å². The Labute approximate surface area is 158 Å². The molecule has 1 rings (SSSR count). The van der Waals surface area contributed by atoms with Gasteiger partial charge in [0.2, 0.25) is 5.91 Å². The molecular weight excluding hydrogens is 403 g/mol. The van der Waals surface area contributed by atoms with Crippen molar-refractivity contribution in [1.29, 1.82) is 0 Å². The van der Waals surface area contributed by atoms with Gasteiger partial charge in [-0.15, -0.1) is 30.6 Å². The average Bonchev–Trinajstić information content (AvgIpc) is 2.42. The van der Waals surface area contributed by atoms with Crippen LogP contribution in [0.4, 0.5) is 0 Å². The van der Waals surface area contributed by atoms with Crippen LogP contribution in [0.5, 0.6) is 0 Å². The first-order valence-electron chi connectivity index (χ1n) is 8.22. The van der Waals surface area contributed by atoms with Crippen LogP contribution < -0.4 is 10.6 Å². The first-order chi connectivity index (χ1) is 10.4. The van der Waals surface area contributed by atoms with Crippen LogP contribution in [0, 0.1) is 11.3 Å². The highest BCUT2D eigenvalue weighted by Crippen LogP contribution is 2.45. The lowest BCUT2D eigenvalue weighted by molar-refractivity contribution is -0.127. The molecule has 2 N–H and O–H groups in total. The van der Waals surface area contributed by atoms with Gasteiger partial charge in [0, 0.05) is 27.2 Å². The third-order valence-corrected chi connectivity index (χ3v) is 4.17. The molecule has 6 heteroatoms. The largest absolute Gasteiger partial charge is 0.356 e. The molecule has 0 aromatic rings. The Morgan fingerprint density at radius 1 is 1.35 bits per heavy atom. The molecule has 23 heavy (non-hydrogen) atoms. The van der Waals surface area contributed by atoms with E-state index >= 15 is 0 Å². The van der Waals surface area contributed by atoms with E-state index in [1.165, 1.54) is 25.7 Å². The van der Waals surface area contributed by atoms with Gasteiger partial charge in [-0.1, -0.05) is 26.3 Å². The average molecular weight is 436 g/mol. The number of likely N-dealkylation sites (N-methyl/N-ethyl adjacent to an activating group) is 1. The van der Waals surface area contributed by atoms with Gasteiger partial charge in [-0.05, 0) is 30.6 Å². The second kappa shape index (κ2) is 10.9. The Balaban J connectivity index is 0.00000484. The van der Waals surface area contributed by atoms with E-state index in [1.807, 2.05) is 0 Å². The van der Waals surface area contributed by atoms with E-state index in [2.05, 4.69) is 36.1 Å². The minimum absolute atomic E-state index is 0. The third kappa shape index (κ3) is 8.04. The summed E-state index contributed by atoms with van der Waals surface area (Å²) < 4.78 is 0. The fourth-order valence-corrected chi connectivity index (χ4v) is 2.90. The van der Waals surface area contributed by atoms with Crippen molar-refractivity contribution < 1.29 is 4.79 Å². The van der Waals surface area contributed by atoms with Crippen molar-refractivity contribution in [2.75, 3.05) is 33.7 Å². The molecule has 1 aliphatic carbocycles. The fourth-order valence-electron chi connectivity index (χ4n) is 2.90. The molecule has 1 aliphatic rings. The molecular formula is C17H33IN4O. The molecule has 1 fully saturated rings. The quantitative estimate of drug-likeness (QED) is 0.266. The summed E-state index contributed by atoms with van der Waals surface area (Å²) in [6.45, 7) is 9.99. The summed E-state index contributed by atoms with van der Waals surface area (Å²) in [5.74, 6) is 1.41. The molecule has 0 saturated heterocycles. The van der Waals surface area contributed by atoms with Gasteiger partial charge in [-0.25, -0.2) is 4.99 Å². The summed E-state index contributed by atoms with van der Waals surface area (Å²) in [4.78, 5) is 17.6. The van der Waals surface area contributed by atoms with Gasteiger partial charge >= 0.3 is 0 Å². The standard InChI is InChI=1S/C17H32N4O.HI/c1-6-10-18-16(19-12-15(22)21(4)5)20-13-17(8-7-9-17)11-14(2)3;/h6,14H,1,7-13H2,2-5H3,(H2,18,19,20);1H. The van der Waals surface area contributed by atoms with E-state index < -0.39 is 0 Å². The molecule has 0 unspecified atom stereocenters. The topological polar surface area (TPSA) is 56.7 Å². The lowest BCUT2D eigenvalue weighted by atomic mass is 9.64. The molecule has 0 bridgehead atoms. The number of halogens is 1. The van der Waals surface area contributed by atoms with E-state index in [0.29, 0.717) is 23.8 Å². The summed E-state index contributed by atoms with van der Waals surface area (Å²) in [6, 6.07) is 0. The van der Waals surface area contributed by atoms with Crippen LogP contribution in [-0.4, -0.2) is 50.5 Å². The molecule has 1 saturated carbocycles. The Hall–Kier alpha value is -0.790. The number of carbonyl (C=O) groups excluding carboxylic acids is 1. The van der Waals surface area contributed by atoms with E-state index in [1.54, 1.807) is 25.1 Å². The Morgan fingerprint density at radius 3 is 2.43 bits per heavy atom. The summed E-state index contributed by atoms with van der Waals surface area (Å²) in [5, 5.41) is 6.61. The minimum Gasteiger partial charge on any atom is -0.356 e. The summed E-state index contributed by atoms with van der Waals surface area (Å²) in [5.41, 5.74) is 0.399. The van der Waals surface area contributed by atoms with Gasteiger partial charge in [0.25, 0.3) is 0 Å². The predicted octanol–water partition coefficient (Wildman–Crippen LogP) is 2.63. The van der Waals surface area contributed by atoms with Crippen LogP contribution in [-0.2, 0) is 4.79 Å². The van der Waals surface area contributed by atoms with Crippen molar-refractivity contribution in [3.63, 3.8) is 0 Å². The molecule has 5 nitrogen and oxygen atoms in total. The number of carbonyl (C=O) groups is 1. The van der Waals surface area contributed by atoms with Crippen LogP contribution in [0.15, 0.2) is 17.6 Å². The summed E-state index contributed by atoms with van der Waals surface area (Å²) in [6.07, 6.45) is 6.91. The lowest BCUT2D eigenvalue weighted by Crippen LogP contribution is -2.47. The molecule has 0 atom stereocenters. The van der Waals surface area contributed by atoms with Crippen molar-refractivity contribution >= 4 is 35.8 Å². The van der Waals surface area contributed by atoms with Crippen LogP contribution in [0.1, 0.15) is 39.5 Å². The van der Waals surface area contributed by atoms with Crippen molar-refractivity contribution in [3.05, 3.63) is 12.7 Å². The molecule has 1 amide bonds. The van der Waals surface area contributed by atoms with E-state index in [9.17, 15) is 4.79 Å². The van der Waals surface area contributed by atoms with E-state index in [0.717, 1.165) is 6.54 Å². The SMILES string of the molecule is C=CCNC(=NCC(=O)N(C)C)NCC1(CC(C)C)CCC1.I. The second-order valence-corrected chi connectivity index (χ2v) is 6.93. The highest BCUT2D eigenvalue weighted by atomic mass is 127. The minimum atomic E-state index is 0. The maximum absolute atomic E-state index is 11.7. The number of amides is 1. The second-order valence-electron chi connectivity index (χ2n) is 6.93. The van der Waals surface area contributed by atoms with Crippen LogP contribution in [0.2, 0.25) is 0 Å². The number of hydrogen-bond donors (Lipinski definition) is 2. The lowest BCUT2D eigenvalue weighted by Gasteiger charge is -2.43. The van der Waals surface area contributed by atoms with Gasteiger partial charge in [0.05, 0.1) is 0 Å². The Morgan fingerprint density at radius 2 is 2.00 bits per heavy atom. The van der Waals surface area contributed by atoms with Crippen molar-refractivity contribution in [2.45, 2.75) is 39.5 Å². The zero-order valence-electron chi connectivity index (χ0n) is 15.0. The van der Waals surface area contributed by atoms with Gasteiger partial charge < -0.3 is 15.5 Å². The molecule has 0 heterocycles. The molecule has 0 spiro atoms. The number of nitrogens with one attached hydrogen (secondary N) is 2. The van der Waals surface area contributed by atoms with Crippen LogP contribution in [0.25, 0.3) is 0 Å². The van der Waals surface area contributed by atoms with Gasteiger partial charge in [-0.3, -0.25) is 4.79 Å². The number of guanidine groups is 1. The highest BCUT2D eigenvalue weighted by Gasteiger charge is 2.37. The molecule has 0 aliphatic heterocycles. The van der Waals surface area contributed by atoms with E-state index in [-0.39, 0.29) is 36.4 Å². The summed E-state index contributed by atoms with van der Waals surface area (Å²) >= 11 is 0. The molecule has 0 aromatic carbocycles. The zero-order valence-corrected chi connectivity index (χ0v) is 17.4. The first kappa shape index (κ1) is 22.2. The Bertz CT molecular complexity index is 403. The number of hydrogen-bond acceptors (Lipinski definition) is 2. The number of aliphatic imine (C=N–C) groups is 1. The van der Waals surface area contributed by atoms with Crippen LogP contribution >= 0.6 is 24.0 Å². The predicted molar refractivity (Wildman–Crippen MR) is 108 cm³/mol. The third-order valence-electron chi connectivity index (χ3n) is 4.17. The van der Waals surface area contributed by atoms with Crippen molar-refractivity contribution in [2.24, 2.45) is 16.3 Å². The maximum atomic E-state index is 11.7. The maximum Gasteiger partial charge on any atom is 0.243 e. The number of nitrogens with zero attached hydrogens (tertiary/aromatic N) is 2. The highest BCUT2D eigenvalue weighted by molar-refractivity contribution is 14.0. The monoisotopic (exact) mass is 436 g/mol. The first-order valence-corrected chi connectivity index (χ1v) is 8.22. The Kier molecular flexibility index (Phi) is 10.5. The molecule has 134 valence electrons. The zero-order chi connectivity index (χ0) is 16.6. The molecule has 0 radical (unpaired) electrons. The van der Waals surface area contributed by atoms with Gasteiger partial charge in [-0.2, -0.15) is 0 Å².